The fourth-order valence-electron chi connectivity index (χ4n) is 1.45. The van der Waals surface area contributed by atoms with Crippen LogP contribution in [0, 0.1) is 19.7 Å². The predicted octanol–water partition coefficient (Wildman–Crippen LogP) is 3.02. The molecule has 0 radical (unpaired) electrons. The molecule has 1 nitrogen and oxygen atoms in total. The molecule has 1 N–H and O–H groups in total. The summed E-state index contributed by atoms with van der Waals surface area (Å²) in [6, 6.07) is 1.61. The highest BCUT2D eigenvalue weighted by atomic mass is 35.5. The van der Waals surface area contributed by atoms with E-state index in [0.717, 1.165) is 5.56 Å². The highest BCUT2D eigenvalue weighted by Gasteiger charge is 2.13. The van der Waals surface area contributed by atoms with Crippen LogP contribution in [-0.4, -0.2) is 11.2 Å². The second-order valence-corrected chi connectivity index (χ2v) is 4.05. The van der Waals surface area contributed by atoms with Gasteiger partial charge in [0.25, 0.3) is 0 Å². The van der Waals surface area contributed by atoms with Gasteiger partial charge >= 0.3 is 0 Å². The van der Waals surface area contributed by atoms with Crippen molar-refractivity contribution in [2.45, 2.75) is 33.3 Å². The molecule has 0 heterocycles. The van der Waals surface area contributed by atoms with Gasteiger partial charge in [0.05, 0.1) is 6.10 Å². The van der Waals surface area contributed by atoms with Crippen LogP contribution >= 0.6 is 11.6 Å². The van der Waals surface area contributed by atoms with Crippen molar-refractivity contribution in [3.63, 3.8) is 0 Å². The summed E-state index contributed by atoms with van der Waals surface area (Å²) in [6.45, 7) is 5.07. The van der Waals surface area contributed by atoms with E-state index in [-0.39, 0.29) is 5.82 Å². The van der Waals surface area contributed by atoms with Gasteiger partial charge in [0, 0.05) is 11.4 Å². The van der Waals surface area contributed by atoms with Crippen LogP contribution in [0.3, 0.4) is 0 Å². The number of aryl methyl sites for hydroxylation is 1. The summed E-state index contributed by atoms with van der Waals surface area (Å²) in [7, 11) is 0. The normalized spacial score (nSPS) is 13.0. The second kappa shape index (κ2) is 4.28. The SMILES string of the molecule is Cc1cc(Cl)c(C)c(CC(C)O)c1F. The fraction of sp³-hybridized carbons (Fsp3) is 0.455. The average molecular weight is 217 g/mol. The number of hydrogen-bond acceptors (Lipinski definition) is 1. The van der Waals surface area contributed by atoms with Crippen LogP contribution in [0.5, 0.6) is 0 Å². The Morgan fingerprint density at radius 2 is 2.07 bits per heavy atom. The smallest absolute Gasteiger partial charge is 0.129 e. The molecule has 1 aromatic carbocycles. The van der Waals surface area contributed by atoms with Crippen LogP contribution in [0.1, 0.15) is 23.6 Å². The Morgan fingerprint density at radius 1 is 1.50 bits per heavy atom. The first-order valence-electron chi connectivity index (χ1n) is 4.55. The van der Waals surface area contributed by atoms with Crippen LogP contribution in [0.15, 0.2) is 6.07 Å². The molecule has 0 aromatic heterocycles. The zero-order valence-electron chi connectivity index (χ0n) is 8.56. The number of benzene rings is 1. The van der Waals surface area contributed by atoms with Gasteiger partial charge in [-0.2, -0.15) is 0 Å². The van der Waals surface area contributed by atoms with Crippen molar-refractivity contribution in [1.82, 2.24) is 0 Å². The zero-order chi connectivity index (χ0) is 10.9. The van der Waals surface area contributed by atoms with Gasteiger partial charge in [-0.1, -0.05) is 11.6 Å². The van der Waals surface area contributed by atoms with E-state index in [9.17, 15) is 9.50 Å². The lowest BCUT2D eigenvalue weighted by Crippen LogP contribution is -2.09. The first-order chi connectivity index (χ1) is 6.43. The van der Waals surface area contributed by atoms with Crippen LogP contribution in [0.25, 0.3) is 0 Å². The van der Waals surface area contributed by atoms with Crippen LogP contribution in [0.4, 0.5) is 4.39 Å². The van der Waals surface area contributed by atoms with Crippen molar-refractivity contribution < 1.29 is 9.50 Å². The van der Waals surface area contributed by atoms with Gasteiger partial charge in [0.15, 0.2) is 0 Å². The van der Waals surface area contributed by atoms with E-state index < -0.39 is 6.10 Å². The van der Waals surface area contributed by atoms with Gasteiger partial charge in [-0.3, -0.25) is 0 Å². The van der Waals surface area contributed by atoms with E-state index in [1.54, 1.807) is 26.8 Å². The molecule has 3 heteroatoms. The fourth-order valence-corrected chi connectivity index (χ4v) is 1.72. The van der Waals surface area contributed by atoms with Gasteiger partial charge in [-0.05, 0) is 43.5 Å². The molecule has 1 aromatic rings. The summed E-state index contributed by atoms with van der Waals surface area (Å²) in [4.78, 5) is 0. The van der Waals surface area contributed by atoms with E-state index in [1.807, 2.05) is 0 Å². The van der Waals surface area contributed by atoms with E-state index in [4.69, 9.17) is 11.6 Å². The standard InChI is InChI=1S/C11H14ClFO/c1-6-4-10(12)8(3)9(11(6)13)5-7(2)14/h4,7,14H,5H2,1-3H3. The van der Waals surface area contributed by atoms with E-state index >= 15 is 0 Å². The summed E-state index contributed by atoms with van der Waals surface area (Å²) in [5, 5.41) is 9.78. The molecule has 0 amide bonds. The third kappa shape index (κ3) is 2.25. The topological polar surface area (TPSA) is 20.2 Å². The molecule has 1 atom stereocenters. The molecule has 0 aliphatic carbocycles. The Kier molecular flexibility index (Phi) is 3.51. The number of aliphatic hydroxyl groups excluding tert-OH is 1. The van der Waals surface area contributed by atoms with Crippen LogP contribution in [-0.2, 0) is 6.42 Å². The molecule has 0 bridgehead atoms. The molecule has 0 fully saturated rings. The summed E-state index contributed by atoms with van der Waals surface area (Å²) in [5.74, 6) is -0.257. The van der Waals surface area contributed by atoms with Gasteiger partial charge in [0.2, 0.25) is 0 Å². The van der Waals surface area contributed by atoms with Crippen molar-refractivity contribution in [1.29, 1.82) is 0 Å². The van der Waals surface area contributed by atoms with Crippen molar-refractivity contribution in [3.05, 3.63) is 33.6 Å². The summed E-state index contributed by atoms with van der Waals surface area (Å²) in [6.07, 6.45) is -0.250. The van der Waals surface area contributed by atoms with Gasteiger partial charge in [0.1, 0.15) is 5.82 Å². The first-order valence-corrected chi connectivity index (χ1v) is 4.93. The molecule has 0 aliphatic heterocycles. The summed E-state index contributed by atoms with van der Waals surface area (Å²) < 4.78 is 13.6. The Morgan fingerprint density at radius 3 is 2.57 bits per heavy atom. The number of aliphatic hydroxyl groups is 1. The van der Waals surface area contributed by atoms with Gasteiger partial charge in [-0.15, -0.1) is 0 Å². The minimum Gasteiger partial charge on any atom is -0.393 e. The Labute approximate surface area is 88.5 Å². The molecular formula is C11H14ClFO. The third-order valence-electron chi connectivity index (χ3n) is 2.26. The van der Waals surface area contributed by atoms with E-state index in [2.05, 4.69) is 0 Å². The second-order valence-electron chi connectivity index (χ2n) is 3.65. The average Bonchev–Trinajstić information content (AvgIpc) is 2.09. The molecule has 0 spiro atoms. The third-order valence-corrected chi connectivity index (χ3v) is 2.66. The molecule has 0 saturated heterocycles. The highest BCUT2D eigenvalue weighted by Crippen LogP contribution is 2.25. The van der Waals surface area contributed by atoms with Crippen LogP contribution in [0.2, 0.25) is 5.02 Å². The van der Waals surface area contributed by atoms with Gasteiger partial charge in [-0.25, -0.2) is 4.39 Å². The molecule has 1 unspecified atom stereocenters. The number of hydrogen-bond donors (Lipinski definition) is 1. The minimum atomic E-state index is -0.555. The number of halogens is 2. The predicted molar refractivity (Wildman–Crippen MR) is 56.3 cm³/mol. The molecule has 14 heavy (non-hydrogen) atoms. The molecular weight excluding hydrogens is 203 g/mol. The summed E-state index contributed by atoms with van der Waals surface area (Å²) in [5.41, 5.74) is 1.76. The maximum Gasteiger partial charge on any atom is 0.129 e. The molecule has 78 valence electrons. The largest absolute Gasteiger partial charge is 0.393 e. The molecule has 0 aliphatic rings. The quantitative estimate of drug-likeness (QED) is 0.806. The number of rotatable bonds is 2. The monoisotopic (exact) mass is 216 g/mol. The van der Waals surface area contributed by atoms with Crippen molar-refractivity contribution >= 4 is 11.6 Å². The summed E-state index contributed by atoms with van der Waals surface area (Å²) >= 11 is 5.93. The lowest BCUT2D eigenvalue weighted by molar-refractivity contribution is 0.194. The lowest BCUT2D eigenvalue weighted by Gasteiger charge is -2.12. The zero-order valence-corrected chi connectivity index (χ0v) is 9.32. The van der Waals surface area contributed by atoms with Crippen molar-refractivity contribution in [2.75, 3.05) is 0 Å². The minimum absolute atomic E-state index is 0.257. The highest BCUT2D eigenvalue weighted by molar-refractivity contribution is 6.31. The lowest BCUT2D eigenvalue weighted by atomic mass is 9.99. The Balaban J connectivity index is 3.25. The first kappa shape index (κ1) is 11.5. The van der Waals surface area contributed by atoms with Crippen molar-refractivity contribution in [3.8, 4) is 0 Å². The van der Waals surface area contributed by atoms with E-state index in [0.29, 0.717) is 22.6 Å². The maximum absolute atomic E-state index is 13.6. The Hall–Kier alpha value is -0.600. The molecule has 1 rings (SSSR count). The Bertz CT molecular complexity index is 321. The maximum atomic E-state index is 13.6. The molecule has 0 saturated carbocycles. The van der Waals surface area contributed by atoms with E-state index in [1.165, 1.54) is 0 Å². The van der Waals surface area contributed by atoms with Crippen LogP contribution < -0.4 is 0 Å². The van der Waals surface area contributed by atoms with Crippen molar-refractivity contribution in [2.24, 2.45) is 0 Å². The van der Waals surface area contributed by atoms with Gasteiger partial charge < -0.3 is 5.11 Å².